The zero-order chi connectivity index (χ0) is 18.7. The maximum atomic E-state index is 12.4. The summed E-state index contributed by atoms with van der Waals surface area (Å²) in [6.45, 7) is 2.89. The van der Waals surface area contributed by atoms with Crippen molar-refractivity contribution < 1.29 is 19.1 Å². The molecule has 1 atom stereocenters. The first-order valence-electron chi connectivity index (χ1n) is 8.14. The van der Waals surface area contributed by atoms with Crippen molar-refractivity contribution in [1.29, 1.82) is 0 Å². The van der Waals surface area contributed by atoms with E-state index in [2.05, 4.69) is 10.3 Å². The van der Waals surface area contributed by atoms with Crippen molar-refractivity contribution in [2.45, 2.75) is 20.0 Å². The van der Waals surface area contributed by atoms with E-state index < -0.39 is 18.0 Å². The van der Waals surface area contributed by atoms with E-state index in [1.54, 1.807) is 6.07 Å². The largest absolute Gasteiger partial charge is 0.448 e. The summed E-state index contributed by atoms with van der Waals surface area (Å²) in [4.78, 5) is 38.5. The van der Waals surface area contributed by atoms with Crippen LogP contribution in [-0.4, -0.2) is 28.7 Å². The van der Waals surface area contributed by atoms with Gasteiger partial charge in [0, 0.05) is 22.8 Å². The fourth-order valence-corrected chi connectivity index (χ4v) is 2.56. The van der Waals surface area contributed by atoms with Gasteiger partial charge in [-0.3, -0.25) is 9.59 Å². The highest BCUT2D eigenvalue weighted by molar-refractivity contribution is 6.04. The number of carbonyl (C=O) groups is 3. The Hall–Kier alpha value is -3.41. The molecule has 3 aromatic rings. The normalized spacial score (nSPS) is 11.8. The molecular weight excluding hydrogens is 332 g/mol. The summed E-state index contributed by atoms with van der Waals surface area (Å²) in [6, 6.07) is 14.7. The van der Waals surface area contributed by atoms with Crippen LogP contribution in [0.5, 0.6) is 0 Å². The number of ether oxygens (including phenoxy) is 1. The molecule has 0 radical (unpaired) electrons. The van der Waals surface area contributed by atoms with Gasteiger partial charge in [-0.2, -0.15) is 0 Å². The topological polar surface area (TPSA) is 88.3 Å². The van der Waals surface area contributed by atoms with Gasteiger partial charge in [0.05, 0.1) is 0 Å². The van der Waals surface area contributed by atoms with E-state index in [1.807, 2.05) is 36.4 Å². The molecule has 0 aliphatic rings. The molecule has 2 aromatic carbocycles. The van der Waals surface area contributed by atoms with Crippen LogP contribution < -0.4 is 5.32 Å². The Morgan fingerprint density at radius 1 is 1.08 bits per heavy atom. The SMILES string of the molecule is CC(=O)c1c[nH]c(C(=O)O[C@H](C)C(=O)Nc2cccc3ccccc23)c1. The van der Waals surface area contributed by atoms with E-state index in [0.29, 0.717) is 11.3 Å². The van der Waals surface area contributed by atoms with Crippen LogP contribution in [-0.2, 0) is 9.53 Å². The Labute approximate surface area is 150 Å². The van der Waals surface area contributed by atoms with Gasteiger partial charge in [0.25, 0.3) is 5.91 Å². The molecular formula is C20H18N2O4. The molecule has 0 fully saturated rings. The van der Waals surface area contributed by atoms with Gasteiger partial charge in [0.15, 0.2) is 11.9 Å². The summed E-state index contributed by atoms with van der Waals surface area (Å²) in [5.41, 5.74) is 1.15. The van der Waals surface area contributed by atoms with Gasteiger partial charge in [0.2, 0.25) is 0 Å². The van der Waals surface area contributed by atoms with Crippen molar-refractivity contribution in [3.63, 3.8) is 0 Å². The highest BCUT2D eigenvalue weighted by Crippen LogP contribution is 2.23. The number of Topliss-reactive ketones (excluding diaryl/α,β-unsaturated/α-hetero) is 1. The predicted octanol–water partition coefficient (Wildman–Crippen LogP) is 3.55. The highest BCUT2D eigenvalue weighted by Gasteiger charge is 2.21. The quantitative estimate of drug-likeness (QED) is 0.544. The van der Waals surface area contributed by atoms with Crippen molar-refractivity contribution in [3.8, 4) is 0 Å². The molecule has 0 bridgehead atoms. The lowest BCUT2D eigenvalue weighted by atomic mass is 10.1. The van der Waals surface area contributed by atoms with E-state index in [9.17, 15) is 14.4 Å². The van der Waals surface area contributed by atoms with Crippen LogP contribution in [0.2, 0.25) is 0 Å². The molecule has 6 heteroatoms. The average molecular weight is 350 g/mol. The predicted molar refractivity (Wildman–Crippen MR) is 98.3 cm³/mol. The van der Waals surface area contributed by atoms with Gasteiger partial charge in [-0.25, -0.2) is 4.79 Å². The molecule has 26 heavy (non-hydrogen) atoms. The smallest absolute Gasteiger partial charge is 0.355 e. The molecule has 1 aromatic heterocycles. The molecule has 1 heterocycles. The number of hydrogen-bond donors (Lipinski definition) is 2. The summed E-state index contributed by atoms with van der Waals surface area (Å²) < 4.78 is 5.18. The zero-order valence-corrected chi connectivity index (χ0v) is 14.4. The van der Waals surface area contributed by atoms with Crippen molar-refractivity contribution in [2.75, 3.05) is 5.32 Å². The Kier molecular flexibility index (Phi) is 4.84. The number of nitrogens with one attached hydrogen (secondary N) is 2. The lowest BCUT2D eigenvalue weighted by Crippen LogP contribution is -2.30. The lowest BCUT2D eigenvalue weighted by Gasteiger charge is -2.14. The van der Waals surface area contributed by atoms with Gasteiger partial charge in [-0.05, 0) is 31.4 Å². The number of rotatable bonds is 5. The number of fused-ring (bicyclic) bond motifs is 1. The summed E-state index contributed by atoms with van der Waals surface area (Å²) in [5.74, 6) is -1.30. The second kappa shape index (κ2) is 7.23. The summed E-state index contributed by atoms with van der Waals surface area (Å²) >= 11 is 0. The molecule has 0 aliphatic heterocycles. The number of anilines is 1. The van der Waals surface area contributed by atoms with Crippen molar-refractivity contribution >= 4 is 34.1 Å². The third-order valence-electron chi connectivity index (χ3n) is 4.01. The van der Waals surface area contributed by atoms with E-state index in [-0.39, 0.29) is 11.5 Å². The number of amides is 1. The molecule has 1 amide bonds. The summed E-state index contributed by atoms with van der Waals surface area (Å²) in [5, 5.41) is 4.68. The van der Waals surface area contributed by atoms with Crippen LogP contribution in [0, 0.1) is 0 Å². The Morgan fingerprint density at radius 3 is 2.54 bits per heavy atom. The first-order valence-corrected chi connectivity index (χ1v) is 8.14. The van der Waals surface area contributed by atoms with Gasteiger partial charge < -0.3 is 15.0 Å². The number of benzene rings is 2. The maximum absolute atomic E-state index is 12.4. The van der Waals surface area contributed by atoms with E-state index in [0.717, 1.165) is 10.8 Å². The maximum Gasteiger partial charge on any atom is 0.355 e. The van der Waals surface area contributed by atoms with Gasteiger partial charge in [0.1, 0.15) is 5.69 Å². The summed E-state index contributed by atoms with van der Waals surface area (Å²) in [6.07, 6.45) is 0.435. The minimum Gasteiger partial charge on any atom is -0.448 e. The third-order valence-corrected chi connectivity index (χ3v) is 4.01. The fourth-order valence-electron chi connectivity index (χ4n) is 2.56. The van der Waals surface area contributed by atoms with E-state index in [1.165, 1.54) is 26.1 Å². The number of H-pyrrole nitrogens is 1. The Morgan fingerprint density at radius 2 is 1.81 bits per heavy atom. The molecule has 132 valence electrons. The molecule has 3 rings (SSSR count). The third kappa shape index (κ3) is 3.64. The van der Waals surface area contributed by atoms with Crippen LogP contribution in [0.1, 0.15) is 34.7 Å². The first-order chi connectivity index (χ1) is 12.5. The molecule has 2 N–H and O–H groups in total. The molecule has 0 spiro atoms. The Bertz CT molecular complexity index is 985. The van der Waals surface area contributed by atoms with Crippen LogP contribution >= 0.6 is 0 Å². The fraction of sp³-hybridized carbons (Fsp3) is 0.150. The minimum atomic E-state index is -0.995. The number of carbonyl (C=O) groups excluding carboxylic acids is 3. The monoisotopic (exact) mass is 350 g/mol. The number of ketones is 1. The number of esters is 1. The average Bonchev–Trinajstić information content (AvgIpc) is 3.12. The van der Waals surface area contributed by atoms with E-state index >= 15 is 0 Å². The van der Waals surface area contributed by atoms with Gasteiger partial charge in [-0.1, -0.05) is 36.4 Å². The number of aromatic nitrogens is 1. The van der Waals surface area contributed by atoms with Gasteiger partial charge >= 0.3 is 5.97 Å². The lowest BCUT2D eigenvalue weighted by molar-refractivity contribution is -0.123. The Balaban J connectivity index is 1.69. The van der Waals surface area contributed by atoms with Gasteiger partial charge in [-0.15, -0.1) is 0 Å². The molecule has 0 aliphatic carbocycles. The highest BCUT2D eigenvalue weighted by atomic mass is 16.5. The molecule has 6 nitrogen and oxygen atoms in total. The minimum absolute atomic E-state index is 0.125. The van der Waals surface area contributed by atoms with E-state index in [4.69, 9.17) is 4.74 Å². The van der Waals surface area contributed by atoms with Crippen LogP contribution in [0.25, 0.3) is 10.8 Å². The van der Waals surface area contributed by atoms with Crippen LogP contribution in [0.15, 0.2) is 54.7 Å². The van der Waals surface area contributed by atoms with Crippen LogP contribution in [0.4, 0.5) is 5.69 Å². The number of hydrogen-bond acceptors (Lipinski definition) is 4. The summed E-state index contributed by atoms with van der Waals surface area (Å²) in [7, 11) is 0. The van der Waals surface area contributed by atoms with Crippen molar-refractivity contribution in [2.24, 2.45) is 0 Å². The zero-order valence-electron chi connectivity index (χ0n) is 14.4. The second-order valence-electron chi connectivity index (χ2n) is 5.92. The number of aromatic amines is 1. The molecule has 0 saturated heterocycles. The standard InChI is InChI=1S/C20H18N2O4/c1-12(23)15-10-18(21-11-15)20(25)26-13(2)19(24)22-17-9-5-7-14-6-3-4-8-16(14)17/h3-11,13,21H,1-2H3,(H,22,24)/t13-/m1/s1. The van der Waals surface area contributed by atoms with Crippen molar-refractivity contribution in [3.05, 3.63) is 66.0 Å². The van der Waals surface area contributed by atoms with Crippen molar-refractivity contribution in [1.82, 2.24) is 4.98 Å². The first kappa shape index (κ1) is 17.4. The second-order valence-corrected chi connectivity index (χ2v) is 5.92. The molecule has 0 saturated carbocycles. The van der Waals surface area contributed by atoms with Crippen LogP contribution in [0.3, 0.4) is 0 Å². The molecule has 0 unspecified atom stereocenters.